The van der Waals surface area contributed by atoms with Crippen LogP contribution in [-0.4, -0.2) is 11.9 Å². The normalized spacial score (nSPS) is 20.9. The Bertz CT molecular complexity index is 533. The average Bonchev–Trinajstić information content (AvgIpc) is 2.47. The zero-order valence-electron chi connectivity index (χ0n) is 13.0. The first kappa shape index (κ1) is 14.1. The minimum absolute atomic E-state index is 0.0457. The average molecular weight is 260 g/mol. The second kappa shape index (κ2) is 4.09. The van der Waals surface area contributed by atoms with Crippen molar-refractivity contribution in [1.82, 2.24) is 0 Å². The molecule has 1 atom stereocenters. The molecule has 2 rings (SSSR count). The zero-order chi connectivity index (χ0) is 14.6. The maximum atomic E-state index is 12.0. The van der Waals surface area contributed by atoms with Crippen LogP contribution in [0.4, 0.5) is 0 Å². The predicted molar refractivity (Wildman–Crippen MR) is 78.3 cm³/mol. The van der Waals surface area contributed by atoms with Crippen LogP contribution in [0.2, 0.25) is 0 Å². The van der Waals surface area contributed by atoms with Crippen molar-refractivity contribution in [3.8, 4) is 5.75 Å². The van der Waals surface area contributed by atoms with Crippen LogP contribution >= 0.6 is 0 Å². The molecule has 2 heteroatoms. The van der Waals surface area contributed by atoms with E-state index in [0.29, 0.717) is 0 Å². The van der Waals surface area contributed by atoms with Gasteiger partial charge in [0.15, 0.2) is 5.78 Å². The van der Waals surface area contributed by atoms with E-state index in [-0.39, 0.29) is 22.7 Å². The van der Waals surface area contributed by atoms with Crippen molar-refractivity contribution in [2.24, 2.45) is 0 Å². The highest BCUT2D eigenvalue weighted by molar-refractivity contribution is 5.96. The number of carbonyl (C=O) groups excluding carboxylic acids is 1. The largest absolute Gasteiger partial charge is 0.489 e. The smallest absolute Gasteiger partial charge is 0.160 e. The first-order valence-corrected chi connectivity index (χ1v) is 6.91. The van der Waals surface area contributed by atoms with Gasteiger partial charge in [0.2, 0.25) is 0 Å². The highest BCUT2D eigenvalue weighted by Crippen LogP contribution is 2.45. The highest BCUT2D eigenvalue weighted by atomic mass is 16.5. The Kier molecular flexibility index (Phi) is 3.04. The molecule has 0 aromatic heterocycles. The Hall–Kier alpha value is -1.31. The standard InChI is InChI=1S/C17H24O2/c1-10(18)12-8-14-15(9-13(12)16(3,4)5)19-11(2)17(14,6)7/h8-9,11H,1-7H3. The fraction of sp³-hybridized carbons (Fsp3) is 0.588. The maximum absolute atomic E-state index is 12.0. The summed E-state index contributed by atoms with van der Waals surface area (Å²) in [7, 11) is 0. The number of ether oxygens (including phenoxy) is 1. The van der Waals surface area contributed by atoms with E-state index in [9.17, 15) is 4.79 Å². The number of benzene rings is 1. The van der Waals surface area contributed by atoms with E-state index in [2.05, 4.69) is 47.6 Å². The van der Waals surface area contributed by atoms with Crippen molar-refractivity contribution in [2.75, 3.05) is 0 Å². The zero-order valence-corrected chi connectivity index (χ0v) is 13.0. The van der Waals surface area contributed by atoms with E-state index >= 15 is 0 Å². The molecule has 1 unspecified atom stereocenters. The number of ketones is 1. The molecule has 0 spiro atoms. The second-order valence-electron chi connectivity index (χ2n) is 7.18. The Balaban J connectivity index is 2.70. The third-order valence-electron chi connectivity index (χ3n) is 4.32. The fourth-order valence-electron chi connectivity index (χ4n) is 2.65. The van der Waals surface area contributed by atoms with Gasteiger partial charge in [0.25, 0.3) is 0 Å². The Morgan fingerprint density at radius 2 is 1.84 bits per heavy atom. The van der Waals surface area contributed by atoms with Crippen LogP contribution in [0.3, 0.4) is 0 Å². The molecule has 0 fully saturated rings. The van der Waals surface area contributed by atoms with Crippen molar-refractivity contribution in [2.45, 2.75) is 65.4 Å². The number of hydrogen-bond acceptors (Lipinski definition) is 2. The molecule has 1 heterocycles. The van der Waals surface area contributed by atoms with Crippen LogP contribution in [0.5, 0.6) is 5.75 Å². The first-order chi connectivity index (χ1) is 8.55. The van der Waals surface area contributed by atoms with Gasteiger partial charge in [-0.3, -0.25) is 4.79 Å². The summed E-state index contributed by atoms with van der Waals surface area (Å²) in [5.74, 6) is 1.07. The third-order valence-corrected chi connectivity index (χ3v) is 4.32. The minimum Gasteiger partial charge on any atom is -0.489 e. The van der Waals surface area contributed by atoms with Crippen LogP contribution < -0.4 is 4.74 Å². The van der Waals surface area contributed by atoms with E-state index in [1.165, 1.54) is 0 Å². The molecule has 0 saturated carbocycles. The topological polar surface area (TPSA) is 26.3 Å². The molecule has 2 nitrogen and oxygen atoms in total. The van der Waals surface area contributed by atoms with Crippen molar-refractivity contribution in [3.63, 3.8) is 0 Å². The Morgan fingerprint density at radius 1 is 1.26 bits per heavy atom. The number of fused-ring (bicyclic) bond motifs is 1. The van der Waals surface area contributed by atoms with Gasteiger partial charge in [-0.25, -0.2) is 0 Å². The van der Waals surface area contributed by atoms with E-state index in [1.54, 1.807) is 6.92 Å². The van der Waals surface area contributed by atoms with Gasteiger partial charge in [0.05, 0.1) is 0 Å². The maximum Gasteiger partial charge on any atom is 0.160 e. The molecule has 0 amide bonds. The Labute approximate surface area is 116 Å². The number of rotatable bonds is 1. The summed E-state index contributed by atoms with van der Waals surface area (Å²) in [6, 6.07) is 4.11. The quantitative estimate of drug-likeness (QED) is 0.706. The molecular formula is C17H24O2. The van der Waals surface area contributed by atoms with Crippen molar-refractivity contribution >= 4 is 5.78 Å². The first-order valence-electron chi connectivity index (χ1n) is 6.91. The molecule has 0 radical (unpaired) electrons. The van der Waals surface area contributed by atoms with E-state index in [1.807, 2.05) is 6.07 Å². The monoisotopic (exact) mass is 260 g/mol. The minimum atomic E-state index is -0.0602. The van der Waals surface area contributed by atoms with Crippen molar-refractivity contribution in [3.05, 3.63) is 28.8 Å². The van der Waals surface area contributed by atoms with E-state index in [4.69, 9.17) is 4.74 Å². The summed E-state index contributed by atoms with van der Waals surface area (Å²) in [6.07, 6.45) is 0.137. The molecule has 19 heavy (non-hydrogen) atoms. The lowest BCUT2D eigenvalue weighted by atomic mass is 9.77. The molecular weight excluding hydrogens is 236 g/mol. The Morgan fingerprint density at radius 3 is 2.32 bits per heavy atom. The van der Waals surface area contributed by atoms with Crippen molar-refractivity contribution in [1.29, 1.82) is 0 Å². The lowest BCUT2D eigenvalue weighted by molar-refractivity contribution is 0.101. The highest BCUT2D eigenvalue weighted by Gasteiger charge is 2.40. The van der Waals surface area contributed by atoms with Gasteiger partial charge in [-0.05, 0) is 37.0 Å². The van der Waals surface area contributed by atoms with E-state index in [0.717, 1.165) is 22.4 Å². The van der Waals surface area contributed by atoms with Crippen LogP contribution in [0.15, 0.2) is 12.1 Å². The fourth-order valence-corrected chi connectivity index (χ4v) is 2.65. The number of hydrogen-bond donors (Lipinski definition) is 0. The molecule has 1 aromatic carbocycles. The van der Waals surface area contributed by atoms with Gasteiger partial charge in [0.1, 0.15) is 11.9 Å². The van der Waals surface area contributed by atoms with Gasteiger partial charge in [-0.15, -0.1) is 0 Å². The SMILES string of the molecule is CC(=O)c1cc2c(cc1C(C)(C)C)OC(C)C2(C)C. The summed E-state index contributed by atoms with van der Waals surface area (Å²) < 4.78 is 5.98. The third kappa shape index (κ3) is 2.18. The summed E-state index contributed by atoms with van der Waals surface area (Å²) in [5, 5.41) is 0. The molecule has 0 N–H and O–H groups in total. The lowest BCUT2D eigenvalue weighted by Gasteiger charge is -2.25. The summed E-state index contributed by atoms with van der Waals surface area (Å²) >= 11 is 0. The van der Waals surface area contributed by atoms with Gasteiger partial charge >= 0.3 is 0 Å². The van der Waals surface area contributed by atoms with Gasteiger partial charge in [-0.2, -0.15) is 0 Å². The van der Waals surface area contributed by atoms with Crippen LogP contribution in [0.1, 0.15) is 70.0 Å². The second-order valence-corrected chi connectivity index (χ2v) is 7.18. The molecule has 1 aromatic rings. The molecule has 104 valence electrons. The van der Waals surface area contributed by atoms with Crippen molar-refractivity contribution < 1.29 is 9.53 Å². The molecule has 1 aliphatic heterocycles. The van der Waals surface area contributed by atoms with Crippen LogP contribution in [0.25, 0.3) is 0 Å². The summed E-state index contributed by atoms with van der Waals surface area (Å²) in [6.45, 7) is 14.5. The van der Waals surface area contributed by atoms with Crippen LogP contribution in [0, 0.1) is 0 Å². The van der Waals surface area contributed by atoms with Crippen LogP contribution in [-0.2, 0) is 10.8 Å². The molecule has 0 saturated heterocycles. The molecule has 1 aliphatic rings. The lowest BCUT2D eigenvalue weighted by Crippen LogP contribution is -2.29. The summed E-state index contributed by atoms with van der Waals surface area (Å²) in [5.41, 5.74) is 2.95. The van der Waals surface area contributed by atoms with E-state index < -0.39 is 0 Å². The molecule has 0 aliphatic carbocycles. The number of carbonyl (C=O) groups is 1. The van der Waals surface area contributed by atoms with Gasteiger partial charge in [0, 0.05) is 16.5 Å². The van der Waals surface area contributed by atoms with Gasteiger partial charge in [-0.1, -0.05) is 34.6 Å². The molecule has 0 bridgehead atoms. The summed E-state index contributed by atoms with van der Waals surface area (Å²) in [4.78, 5) is 12.0. The van der Waals surface area contributed by atoms with Gasteiger partial charge < -0.3 is 4.74 Å². The predicted octanol–water partition coefficient (Wildman–Crippen LogP) is 4.25. The number of Topliss-reactive ketones (excluding diaryl/α,β-unsaturated/α-hetero) is 1.